The molecule has 8 heteroatoms. The van der Waals surface area contributed by atoms with Crippen molar-refractivity contribution in [3.05, 3.63) is 64.7 Å². The summed E-state index contributed by atoms with van der Waals surface area (Å²) in [5, 5.41) is 3.14. The first kappa shape index (κ1) is 23.6. The summed E-state index contributed by atoms with van der Waals surface area (Å²) in [5.41, 5.74) is 11.5. The molecule has 0 aliphatic heterocycles. The minimum atomic E-state index is -3.32. The Morgan fingerprint density at radius 1 is 1.07 bits per heavy atom. The van der Waals surface area contributed by atoms with Gasteiger partial charge in [0, 0.05) is 11.7 Å². The number of nitrogens with one attached hydrogen (secondary N) is 2. The van der Waals surface area contributed by atoms with Gasteiger partial charge in [-0.2, -0.15) is 0 Å². The van der Waals surface area contributed by atoms with E-state index in [0.717, 1.165) is 29.7 Å². The van der Waals surface area contributed by atoms with Crippen LogP contribution in [0.5, 0.6) is 0 Å². The normalized spacial score (nSPS) is 13.8. The molecule has 158 valence electrons. The summed E-state index contributed by atoms with van der Waals surface area (Å²) in [7, 11) is -3.32. The van der Waals surface area contributed by atoms with Crippen molar-refractivity contribution in [1.29, 1.82) is 0 Å². The lowest BCUT2D eigenvalue weighted by Crippen LogP contribution is -2.31. The number of hydrogen-bond acceptors (Lipinski definition) is 3. The lowest BCUT2D eigenvalue weighted by molar-refractivity contribution is 0.569. The van der Waals surface area contributed by atoms with Crippen LogP contribution in [0.25, 0.3) is 0 Å². The molecule has 3 rings (SSSR count). The summed E-state index contributed by atoms with van der Waals surface area (Å²) in [6, 6.07) is 13.6. The number of benzene rings is 2. The molecular formula is C21H29IN4O2S. The minimum absolute atomic E-state index is 0. The average molecular weight is 528 g/mol. The second-order valence-electron chi connectivity index (χ2n) is 7.51. The molecule has 0 saturated heterocycles. The third-order valence-corrected chi connectivity index (χ3v) is 6.14. The number of nitrogens with zero attached hydrogens (tertiary/aromatic N) is 1. The number of hydrogen-bond donors (Lipinski definition) is 3. The molecule has 0 bridgehead atoms. The number of aliphatic imine (C=N–C) groups is 1. The predicted octanol–water partition coefficient (Wildman–Crippen LogP) is 3.55. The molecule has 0 fully saturated rings. The number of nitrogens with two attached hydrogens (primary N) is 1. The lowest BCUT2D eigenvalue weighted by Gasteiger charge is -2.10. The summed E-state index contributed by atoms with van der Waals surface area (Å²) < 4.78 is 26.6. The van der Waals surface area contributed by atoms with Crippen LogP contribution in [0.3, 0.4) is 0 Å². The molecule has 1 aliphatic carbocycles. The second kappa shape index (κ2) is 10.4. The first-order chi connectivity index (χ1) is 13.3. The molecule has 0 heterocycles. The van der Waals surface area contributed by atoms with Gasteiger partial charge in [0.25, 0.3) is 0 Å². The van der Waals surface area contributed by atoms with Gasteiger partial charge in [-0.3, -0.25) is 0 Å². The van der Waals surface area contributed by atoms with Gasteiger partial charge in [-0.05, 0) is 67.5 Å². The zero-order chi connectivity index (χ0) is 20.1. The highest BCUT2D eigenvalue weighted by atomic mass is 127. The Morgan fingerprint density at radius 3 is 2.41 bits per heavy atom. The van der Waals surface area contributed by atoms with Crippen LogP contribution in [0.15, 0.2) is 47.5 Å². The Kier molecular flexibility index (Phi) is 8.47. The van der Waals surface area contributed by atoms with Gasteiger partial charge < -0.3 is 11.1 Å². The van der Waals surface area contributed by atoms with E-state index in [1.807, 2.05) is 30.3 Å². The van der Waals surface area contributed by atoms with Crippen LogP contribution in [0.1, 0.15) is 42.5 Å². The highest BCUT2D eigenvalue weighted by Crippen LogP contribution is 2.24. The maximum Gasteiger partial charge on any atom is 0.216 e. The zero-order valence-corrected chi connectivity index (χ0v) is 20.0. The second-order valence-corrected chi connectivity index (χ2v) is 9.27. The van der Waals surface area contributed by atoms with Crippen molar-refractivity contribution in [2.45, 2.75) is 51.4 Å². The zero-order valence-electron chi connectivity index (χ0n) is 16.8. The molecule has 2 aromatic carbocycles. The average Bonchev–Trinajstić information content (AvgIpc) is 3.07. The van der Waals surface area contributed by atoms with Crippen molar-refractivity contribution in [1.82, 2.24) is 4.72 Å². The fraction of sp³-hybridized carbons (Fsp3) is 0.381. The van der Waals surface area contributed by atoms with E-state index in [2.05, 4.69) is 27.2 Å². The topological polar surface area (TPSA) is 96.6 Å². The summed E-state index contributed by atoms with van der Waals surface area (Å²) in [6.45, 7) is 4.04. The van der Waals surface area contributed by atoms with Crippen molar-refractivity contribution in [3.63, 3.8) is 0 Å². The molecule has 0 spiro atoms. The summed E-state index contributed by atoms with van der Waals surface area (Å²) in [6.07, 6.45) is 3.49. The smallest absolute Gasteiger partial charge is 0.216 e. The Labute approximate surface area is 190 Å². The molecule has 2 aromatic rings. The maximum atomic E-state index is 12.0. The largest absolute Gasteiger partial charge is 0.370 e. The number of rotatable bonds is 7. The quantitative estimate of drug-likeness (QED) is 0.291. The molecule has 0 unspecified atom stereocenters. The minimum Gasteiger partial charge on any atom is -0.370 e. The molecule has 0 amide bonds. The number of guanidine groups is 1. The first-order valence-corrected chi connectivity index (χ1v) is 11.2. The Hall–Kier alpha value is -1.65. The van der Waals surface area contributed by atoms with Crippen molar-refractivity contribution in [2.24, 2.45) is 10.7 Å². The van der Waals surface area contributed by atoms with Gasteiger partial charge in [0.2, 0.25) is 10.0 Å². The maximum absolute atomic E-state index is 12.0. The molecule has 4 N–H and O–H groups in total. The van der Waals surface area contributed by atoms with E-state index in [0.29, 0.717) is 12.5 Å². The van der Waals surface area contributed by atoms with Crippen molar-refractivity contribution in [3.8, 4) is 0 Å². The van der Waals surface area contributed by atoms with E-state index in [1.165, 1.54) is 17.5 Å². The SMILES string of the molecule is CC(C)NS(=O)(=O)Cc1ccc(CN=C(N)Nc2ccc3c(c2)CCC3)cc1.I. The molecule has 1 aliphatic rings. The Bertz CT molecular complexity index is 957. The molecule has 0 atom stereocenters. The van der Waals surface area contributed by atoms with Crippen molar-refractivity contribution >= 4 is 45.6 Å². The fourth-order valence-electron chi connectivity index (χ4n) is 3.37. The first-order valence-electron chi connectivity index (χ1n) is 9.57. The standard InChI is InChI=1S/C21H28N4O2S.HI/c1-15(2)25-28(26,27)14-17-8-6-16(7-9-17)13-23-21(22)24-20-11-10-18-4-3-5-19(18)12-20;/h6-12,15,25H,3-5,13-14H2,1-2H3,(H3,22,23,24);1H. The van der Waals surface area contributed by atoms with Crippen molar-refractivity contribution < 1.29 is 8.42 Å². The molecule has 0 radical (unpaired) electrons. The van der Waals surface area contributed by atoms with Crippen LogP contribution in [0, 0.1) is 0 Å². The van der Waals surface area contributed by atoms with E-state index in [1.54, 1.807) is 13.8 Å². The Balaban J connectivity index is 0.00000300. The van der Waals surface area contributed by atoms with Gasteiger partial charge in [0.1, 0.15) is 0 Å². The monoisotopic (exact) mass is 528 g/mol. The van der Waals surface area contributed by atoms with E-state index < -0.39 is 10.0 Å². The van der Waals surface area contributed by atoms with Crippen LogP contribution in [-0.4, -0.2) is 20.4 Å². The third kappa shape index (κ3) is 7.27. The summed E-state index contributed by atoms with van der Waals surface area (Å²) in [4.78, 5) is 4.38. The van der Waals surface area contributed by atoms with Gasteiger partial charge in [-0.1, -0.05) is 30.3 Å². The number of fused-ring (bicyclic) bond motifs is 1. The van der Waals surface area contributed by atoms with Gasteiger partial charge in [0.05, 0.1) is 12.3 Å². The van der Waals surface area contributed by atoms with Gasteiger partial charge in [0.15, 0.2) is 5.96 Å². The van der Waals surface area contributed by atoms with Gasteiger partial charge in [-0.25, -0.2) is 18.1 Å². The molecule has 29 heavy (non-hydrogen) atoms. The highest BCUT2D eigenvalue weighted by molar-refractivity contribution is 14.0. The summed E-state index contributed by atoms with van der Waals surface area (Å²) >= 11 is 0. The Morgan fingerprint density at radius 2 is 1.72 bits per heavy atom. The van der Waals surface area contributed by atoms with Crippen molar-refractivity contribution in [2.75, 3.05) is 5.32 Å². The lowest BCUT2D eigenvalue weighted by atomic mass is 10.1. The van der Waals surface area contributed by atoms with Crippen LogP contribution in [0.2, 0.25) is 0 Å². The number of halogens is 1. The van der Waals surface area contributed by atoms with E-state index in [-0.39, 0.29) is 35.8 Å². The van der Waals surface area contributed by atoms with Crippen LogP contribution in [-0.2, 0) is 35.2 Å². The fourth-order valence-corrected chi connectivity index (χ4v) is 4.81. The molecule has 0 aromatic heterocycles. The van der Waals surface area contributed by atoms with Crippen LogP contribution < -0.4 is 15.8 Å². The van der Waals surface area contributed by atoms with E-state index in [4.69, 9.17) is 5.73 Å². The van der Waals surface area contributed by atoms with Gasteiger partial charge >= 0.3 is 0 Å². The number of sulfonamides is 1. The predicted molar refractivity (Wildman–Crippen MR) is 130 cm³/mol. The number of aryl methyl sites for hydroxylation is 2. The molecular weight excluding hydrogens is 499 g/mol. The molecule has 0 saturated carbocycles. The summed E-state index contributed by atoms with van der Waals surface area (Å²) in [5.74, 6) is 0.335. The highest BCUT2D eigenvalue weighted by Gasteiger charge is 2.13. The van der Waals surface area contributed by atoms with E-state index in [9.17, 15) is 8.42 Å². The van der Waals surface area contributed by atoms with Gasteiger partial charge in [-0.15, -0.1) is 24.0 Å². The molecule has 6 nitrogen and oxygen atoms in total. The number of anilines is 1. The van der Waals surface area contributed by atoms with E-state index >= 15 is 0 Å². The van der Waals surface area contributed by atoms with Crippen LogP contribution >= 0.6 is 24.0 Å². The third-order valence-electron chi connectivity index (χ3n) is 4.60. The van der Waals surface area contributed by atoms with Crippen LogP contribution in [0.4, 0.5) is 5.69 Å².